The van der Waals surface area contributed by atoms with Crippen LogP contribution in [-0.2, 0) is 16.0 Å². The van der Waals surface area contributed by atoms with E-state index in [1.165, 1.54) is 0 Å². The summed E-state index contributed by atoms with van der Waals surface area (Å²) in [5, 5.41) is 5.15. The number of hydrazone groups is 1. The fourth-order valence-corrected chi connectivity index (χ4v) is 3.04. The van der Waals surface area contributed by atoms with Crippen molar-refractivity contribution in [2.24, 2.45) is 5.10 Å². The lowest BCUT2D eigenvalue weighted by Gasteiger charge is -2.24. The number of aromatic amines is 1. The van der Waals surface area contributed by atoms with Crippen molar-refractivity contribution >= 4 is 23.0 Å². The molecular formula is C19H17N3O2. The topological polar surface area (TPSA) is 66.5 Å². The van der Waals surface area contributed by atoms with E-state index >= 15 is 0 Å². The average molecular weight is 319 g/mol. The van der Waals surface area contributed by atoms with Crippen molar-refractivity contribution in [2.75, 3.05) is 6.61 Å². The Balaban J connectivity index is 1.49. The SMILES string of the molecule is O=C(N/N=C/c1c[nH]c2ccccc12)C1OCCc2ccccc21. The standard InChI is InChI=1S/C19H17N3O2/c23-19(18-16-7-2-1-5-13(16)9-10-24-18)22-21-12-14-11-20-17-8-4-3-6-15(14)17/h1-8,11-12,18,20H,9-10H2,(H,22,23)/b21-12+. The van der Waals surface area contributed by atoms with Crippen LogP contribution in [0.15, 0.2) is 59.8 Å². The van der Waals surface area contributed by atoms with Crippen LogP contribution in [0.4, 0.5) is 0 Å². The van der Waals surface area contributed by atoms with Gasteiger partial charge in [0, 0.05) is 22.7 Å². The lowest BCUT2D eigenvalue weighted by atomic mass is 9.97. The smallest absolute Gasteiger partial charge is 0.273 e. The summed E-state index contributed by atoms with van der Waals surface area (Å²) in [6.07, 6.45) is 3.74. The van der Waals surface area contributed by atoms with E-state index in [1.54, 1.807) is 6.21 Å². The van der Waals surface area contributed by atoms with Crippen LogP contribution < -0.4 is 5.43 Å². The first-order valence-electron chi connectivity index (χ1n) is 7.91. The van der Waals surface area contributed by atoms with Crippen LogP contribution in [0.2, 0.25) is 0 Å². The molecule has 1 amide bonds. The second-order valence-corrected chi connectivity index (χ2v) is 5.72. The molecule has 0 radical (unpaired) electrons. The minimum absolute atomic E-state index is 0.252. The largest absolute Gasteiger partial charge is 0.363 e. The number of para-hydroxylation sites is 1. The summed E-state index contributed by atoms with van der Waals surface area (Å²) in [4.78, 5) is 15.6. The summed E-state index contributed by atoms with van der Waals surface area (Å²) in [6.45, 7) is 0.543. The number of carbonyl (C=O) groups excluding carboxylic acids is 1. The van der Waals surface area contributed by atoms with Crippen molar-refractivity contribution in [3.8, 4) is 0 Å². The monoisotopic (exact) mass is 319 g/mol. The molecule has 1 unspecified atom stereocenters. The Labute approximate surface area is 139 Å². The number of rotatable bonds is 3. The van der Waals surface area contributed by atoms with E-state index in [9.17, 15) is 4.79 Å². The molecule has 0 bridgehead atoms. The summed E-state index contributed by atoms with van der Waals surface area (Å²) in [5.41, 5.74) is 6.63. The third-order valence-electron chi connectivity index (χ3n) is 4.23. The van der Waals surface area contributed by atoms with E-state index in [-0.39, 0.29) is 5.91 Å². The predicted octanol–water partition coefficient (Wildman–Crippen LogP) is 2.93. The molecule has 5 nitrogen and oxygen atoms in total. The molecule has 1 aliphatic heterocycles. The van der Waals surface area contributed by atoms with E-state index in [0.717, 1.165) is 34.0 Å². The zero-order valence-electron chi connectivity index (χ0n) is 13.0. The summed E-state index contributed by atoms with van der Waals surface area (Å²) < 4.78 is 5.63. The molecule has 24 heavy (non-hydrogen) atoms. The Kier molecular flexibility index (Phi) is 3.84. The second kappa shape index (κ2) is 6.29. The van der Waals surface area contributed by atoms with Crippen LogP contribution in [0, 0.1) is 0 Å². The van der Waals surface area contributed by atoms with Gasteiger partial charge in [-0.1, -0.05) is 42.5 Å². The molecule has 3 aromatic rings. The number of hydrogen-bond acceptors (Lipinski definition) is 3. The average Bonchev–Trinajstić information content (AvgIpc) is 3.04. The van der Waals surface area contributed by atoms with Gasteiger partial charge in [0.1, 0.15) is 0 Å². The Morgan fingerprint density at radius 2 is 2.04 bits per heavy atom. The Morgan fingerprint density at radius 3 is 3.00 bits per heavy atom. The molecule has 1 atom stereocenters. The predicted molar refractivity (Wildman–Crippen MR) is 92.9 cm³/mol. The second-order valence-electron chi connectivity index (χ2n) is 5.72. The minimum atomic E-state index is -0.602. The summed E-state index contributed by atoms with van der Waals surface area (Å²) >= 11 is 0. The van der Waals surface area contributed by atoms with Crippen molar-refractivity contribution in [1.29, 1.82) is 0 Å². The molecule has 120 valence electrons. The van der Waals surface area contributed by atoms with Gasteiger partial charge in [-0.3, -0.25) is 4.79 Å². The number of nitrogens with one attached hydrogen (secondary N) is 2. The van der Waals surface area contributed by atoms with Crippen LogP contribution in [-0.4, -0.2) is 23.7 Å². The van der Waals surface area contributed by atoms with E-state index in [2.05, 4.69) is 15.5 Å². The van der Waals surface area contributed by atoms with Crippen molar-refractivity contribution in [1.82, 2.24) is 10.4 Å². The van der Waals surface area contributed by atoms with Gasteiger partial charge in [-0.15, -0.1) is 0 Å². The Hall–Kier alpha value is -2.92. The fourth-order valence-electron chi connectivity index (χ4n) is 3.04. The van der Waals surface area contributed by atoms with E-state index < -0.39 is 6.10 Å². The van der Waals surface area contributed by atoms with Gasteiger partial charge in [-0.05, 0) is 23.6 Å². The maximum atomic E-state index is 12.4. The first kappa shape index (κ1) is 14.7. The first-order valence-corrected chi connectivity index (χ1v) is 7.91. The van der Waals surface area contributed by atoms with Crippen molar-refractivity contribution in [2.45, 2.75) is 12.5 Å². The molecule has 0 spiro atoms. The summed E-state index contributed by atoms with van der Waals surface area (Å²) in [6, 6.07) is 15.8. The fraction of sp³-hybridized carbons (Fsp3) is 0.158. The molecule has 5 heteroatoms. The highest BCUT2D eigenvalue weighted by molar-refractivity contribution is 5.99. The Morgan fingerprint density at radius 1 is 1.21 bits per heavy atom. The highest BCUT2D eigenvalue weighted by atomic mass is 16.5. The van der Waals surface area contributed by atoms with Gasteiger partial charge in [0.25, 0.3) is 5.91 Å². The zero-order valence-corrected chi connectivity index (χ0v) is 13.0. The number of hydrogen-bond donors (Lipinski definition) is 2. The van der Waals surface area contributed by atoms with E-state index in [1.807, 2.05) is 54.7 Å². The maximum absolute atomic E-state index is 12.4. The van der Waals surface area contributed by atoms with Gasteiger partial charge in [-0.2, -0.15) is 5.10 Å². The molecule has 2 aromatic carbocycles. The molecule has 1 aromatic heterocycles. The molecule has 0 aliphatic carbocycles. The van der Waals surface area contributed by atoms with Gasteiger partial charge < -0.3 is 9.72 Å². The Bertz CT molecular complexity index is 914. The number of amides is 1. The summed E-state index contributed by atoms with van der Waals surface area (Å²) in [7, 11) is 0. The van der Waals surface area contributed by atoms with Gasteiger partial charge >= 0.3 is 0 Å². The molecule has 2 heterocycles. The van der Waals surface area contributed by atoms with Crippen LogP contribution >= 0.6 is 0 Å². The van der Waals surface area contributed by atoms with Gasteiger partial charge in [-0.25, -0.2) is 5.43 Å². The van der Waals surface area contributed by atoms with Crippen LogP contribution in [0.3, 0.4) is 0 Å². The molecule has 0 fully saturated rings. The number of ether oxygens (including phenoxy) is 1. The number of carbonyl (C=O) groups is 1. The molecule has 2 N–H and O–H groups in total. The highest BCUT2D eigenvalue weighted by Crippen LogP contribution is 2.26. The van der Waals surface area contributed by atoms with E-state index in [4.69, 9.17) is 4.74 Å². The van der Waals surface area contributed by atoms with Gasteiger partial charge in [0.15, 0.2) is 6.10 Å². The third-order valence-corrected chi connectivity index (χ3v) is 4.23. The lowest BCUT2D eigenvalue weighted by Crippen LogP contribution is -2.31. The maximum Gasteiger partial charge on any atom is 0.273 e. The molecule has 0 saturated heterocycles. The number of fused-ring (bicyclic) bond motifs is 2. The van der Waals surface area contributed by atoms with Gasteiger partial charge in [0.2, 0.25) is 0 Å². The molecule has 1 aliphatic rings. The molecule has 0 saturated carbocycles. The normalized spacial score (nSPS) is 17.1. The number of H-pyrrole nitrogens is 1. The van der Waals surface area contributed by atoms with E-state index in [0.29, 0.717) is 6.61 Å². The summed E-state index contributed by atoms with van der Waals surface area (Å²) in [5.74, 6) is -0.252. The molecule has 4 rings (SSSR count). The minimum Gasteiger partial charge on any atom is -0.363 e. The van der Waals surface area contributed by atoms with Crippen LogP contribution in [0.25, 0.3) is 10.9 Å². The highest BCUT2D eigenvalue weighted by Gasteiger charge is 2.26. The number of benzene rings is 2. The van der Waals surface area contributed by atoms with Crippen molar-refractivity contribution < 1.29 is 9.53 Å². The first-order chi connectivity index (χ1) is 11.8. The lowest BCUT2D eigenvalue weighted by molar-refractivity contribution is -0.134. The number of nitrogens with zero attached hydrogens (tertiary/aromatic N) is 1. The van der Waals surface area contributed by atoms with Crippen LogP contribution in [0.5, 0.6) is 0 Å². The van der Waals surface area contributed by atoms with Crippen molar-refractivity contribution in [3.05, 3.63) is 71.4 Å². The third kappa shape index (κ3) is 2.70. The zero-order chi connectivity index (χ0) is 16.4. The molecular weight excluding hydrogens is 302 g/mol. The number of aromatic nitrogens is 1. The van der Waals surface area contributed by atoms with Gasteiger partial charge in [0.05, 0.1) is 12.8 Å². The van der Waals surface area contributed by atoms with Crippen LogP contribution in [0.1, 0.15) is 22.8 Å². The van der Waals surface area contributed by atoms with Crippen molar-refractivity contribution in [3.63, 3.8) is 0 Å². The quantitative estimate of drug-likeness (QED) is 0.576.